The van der Waals surface area contributed by atoms with Crippen LogP contribution in [-0.4, -0.2) is 48.9 Å². The van der Waals surface area contributed by atoms with Crippen molar-refractivity contribution in [2.24, 2.45) is 0 Å². The number of hydrogen-bond acceptors (Lipinski definition) is 2. The number of amides is 2. The summed E-state index contributed by atoms with van der Waals surface area (Å²) in [6, 6.07) is 14.7. The molecule has 2 aliphatic heterocycles. The fourth-order valence-electron chi connectivity index (χ4n) is 3.96. The molecule has 2 aromatic rings. The van der Waals surface area contributed by atoms with Crippen LogP contribution >= 0.6 is 0 Å². The normalized spacial score (nSPS) is 21.5. The second-order valence-electron chi connectivity index (χ2n) is 7.05. The first-order chi connectivity index (χ1) is 12.2. The number of nitrogens with one attached hydrogen (secondary N) is 2. The summed E-state index contributed by atoms with van der Waals surface area (Å²) < 4.78 is 0. The Morgan fingerprint density at radius 3 is 2.64 bits per heavy atom. The molecule has 2 fully saturated rings. The molecule has 2 N–H and O–H groups in total. The van der Waals surface area contributed by atoms with Crippen molar-refractivity contribution >= 4 is 22.6 Å². The van der Waals surface area contributed by atoms with Gasteiger partial charge in [0.05, 0.1) is 26.2 Å². The number of quaternary nitrogens is 1. The summed E-state index contributed by atoms with van der Waals surface area (Å²) in [7, 11) is 0. The Labute approximate surface area is 147 Å². The number of carbonyl (C=O) groups is 2. The number of carbonyl (C=O) groups excluding carboxylic acids is 2. The zero-order valence-electron chi connectivity index (χ0n) is 14.3. The van der Waals surface area contributed by atoms with Crippen molar-refractivity contribution in [3.05, 3.63) is 48.0 Å². The minimum absolute atomic E-state index is 0.00133. The van der Waals surface area contributed by atoms with E-state index in [4.69, 9.17) is 0 Å². The average molecular weight is 338 g/mol. The molecule has 2 saturated heterocycles. The molecule has 1 atom stereocenters. The Hall–Kier alpha value is -2.40. The number of benzene rings is 2. The van der Waals surface area contributed by atoms with E-state index in [1.54, 1.807) is 0 Å². The average Bonchev–Trinajstić information content (AvgIpc) is 3.08. The van der Waals surface area contributed by atoms with E-state index in [2.05, 4.69) is 47.8 Å². The number of rotatable bonds is 3. The lowest BCUT2D eigenvalue weighted by Gasteiger charge is -2.33. The van der Waals surface area contributed by atoms with Crippen molar-refractivity contribution in [2.45, 2.75) is 25.4 Å². The molecule has 4 rings (SSSR count). The molecular formula is C20H24N3O2+. The molecule has 5 nitrogen and oxygen atoms in total. The van der Waals surface area contributed by atoms with Crippen molar-refractivity contribution in [1.29, 1.82) is 0 Å². The van der Waals surface area contributed by atoms with E-state index in [0.29, 0.717) is 12.8 Å². The molecule has 0 spiro atoms. The van der Waals surface area contributed by atoms with Crippen LogP contribution in [0.5, 0.6) is 0 Å². The van der Waals surface area contributed by atoms with Crippen molar-refractivity contribution in [3.8, 4) is 0 Å². The van der Waals surface area contributed by atoms with Crippen LogP contribution in [0.15, 0.2) is 42.5 Å². The minimum atomic E-state index is -0.299. The van der Waals surface area contributed by atoms with Crippen LogP contribution in [0.2, 0.25) is 0 Å². The Bertz CT molecular complexity index is 791. The predicted octanol–water partition coefficient (Wildman–Crippen LogP) is 0.346. The lowest BCUT2D eigenvalue weighted by Crippen LogP contribution is -3.13. The number of nitrogens with zero attached hydrogens (tertiary/aromatic N) is 1. The summed E-state index contributed by atoms with van der Waals surface area (Å²) in [5, 5.41) is 5.39. The fourth-order valence-corrected chi connectivity index (χ4v) is 3.96. The summed E-state index contributed by atoms with van der Waals surface area (Å²) >= 11 is 0. The van der Waals surface area contributed by atoms with Gasteiger partial charge in [-0.2, -0.15) is 0 Å². The van der Waals surface area contributed by atoms with E-state index in [9.17, 15) is 9.59 Å². The highest BCUT2D eigenvalue weighted by atomic mass is 16.2. The van der Waals surface area contributed by atoms with Crippen molar-refractivity contribution in [1.82, 2.24) is 10.2 Å². The number of piperazine rings is 1. The molecule has 0 unspecified atom stereocenters. The molecule has 0 radical (unpaired) electrons. The van der Waals surface area contributed by atoms with Gasteiger partial charge in [-0.15, -0.1) is 0 Å². The van der Waals surface area contributed by atoms with Crippen molar-refractivity contribution in [2.75, 3.05) is 26.2 Å². The van der Waals surface area contributed by atoms with Gasteiger partial charge in [0.15, 0.2) is 0 Å². The lowest BCUT2D eigenvalue weighted by atomic mass is 10.0. The monoisotopic (exact) mass is 338 g/mol. The zero-order valence-corrected chi connectivity index (χ0v) is 14.3. The molecule has 130 valence electrons. The lowest BCUT2D eigenvalue weighted by molar-refractivity contribution is -0.917. The maximum Gasteiger partial charge on any atom is 0.245 e. The van der Waals surface area contributed by atoms with Crippen molar-refractivity contribution < 1.29 is 14.5 Å². The van der Waals surface area contributed by atoms with Gasteiger partial charge >= 0.3 is 0 Å². The minimum Gasteiger partial charge on any atom is -0.344 e. The van der Waals surface area contributed by atoms with Gasteiger partial charge in [0.2, 0.25) is 11.8 Å². The summed E-state index contributed by atoms with van der Waals surface area (Å²) in [4.78, 5) is 27.2. The summed E-state index contributed by atoms with van der Waals surface area (Å²) in [5.41, 5.74) is 1.37. The first kappa shape index (κ1) is 16.1. The van der Waals surface area contributed by atoms with Gasteiger partial charge < -0.3 is 15.1 Å². The van der Waals surface area contributed by atoms with E-state index in [1.165, 1.54) is 21.2 Å². The maximum atomic E-state index is 12.5. The molecular weight excluding hydrogens is 314 g/mol. The fraction of sp³-hybridized carbons (Fsp3) is 0.400. The van der Waals surface area contributed by atoms with Crippen LogP contribution in [-0.2, 0) is 16.1 Å². The third kappa shape index (κ3) is 3.37. The van der Waals surface area contributed by atoms with Crippen molar-refractivity contribution in [3.63, 3.8) is 0 Å². The first-order valence-electron chi connectivity index (χ1n) is 9.09. The third-order valence-corrected chi connectivity index (χ3v) is 5.40. The molecule has 2 aromatic carbocycles. The molecule has 0 saturated carbocycles. The van der Waals surface area contributed by atoms with E-state index >= 15 is 0 Å². The van der Waals surface area contributed by atoms with E-state index in [0.717, 1.165) is 32.7 Å². The van der Waals surface area contributed by atoms with Crippen LogP contribution in [0.1, 0.15) is 18.4 Å². The second kappa shape index (κ2) is 6.84. The molecule has 0 bridgehead atoms. The topological polar surface area (TPSA) is 53.9 Å². The van der Waals surface area contributed by atoms with Gasteiger partial charge in [-0.25, -0.2) is 0 Å². The molecule has 5 heteroatoms. The van der Waals surface area contributed by atoms with E-state index in [-0.39, 0.29) is 17.9 Å². The van der Waals surface area contributed by atoms with E-state index < -0.39 is 0 Å². The summed E-state index contributed by atoms with van der Waals surface area (Å²) in [5.74, 6) is 0.0913. The predicted molar refractivity (Wildman–Crippen MR) is 96.1 cm³/mol. The standard InChI is InChI=1S/C20H23N3O2/c24-19-9-8-18(21-19)20(25)23-12-10-22(11-13-23)14-16-6-3-5-15-4-1-2-7-17(15)16/h1-7,18H,8-14H2,(H,21,24)/p+1/t18-/m1/s1. The Balaban J connectivity index is 1.37. The summed E-state index contributed by atoms with van der Waals surface area (Å²) in [6.07, 6.45) is 1.11. The first-order valence-corrected chi connectivity index (χ1v) is 9.09. The van der Waals surface area contributed by atoms with Crippen LogP contribution in [0.4, 0.5) is 0 Å². The van der Waals surface area contributed by atoms with Gasteiger partial charge in [0.1, 0.15) is 12.6 Å². The van der Waals surface area contributed by atoms with Gasteiger partial charge in [0.25, 0.3) is 0 Å². The van der Waals surface area contributed by atoms with Gasteiger partial charge in [-0.3, -0.25) is 9.59 Å². The Morgan fingerprint density at radius 2 is 1.88 bits per heavy atom. The third-order valence-electron chi connectivity index (χ3n) is 5.40. The smallest absolute Gasteiger partial charge is 0.245 e. The molecule has 2 amide bonds. The second-order valence-corrected chi connectivity index (χ2v) is 7.05. The molecule has 0 aliphatic carbocycles. The van der Waals surface area contributed by atoms with Gasteiger partial charge in [-0.1, -0.05) is 42.5 Å². The van der Waals surface area contributed by atoms with Gasteiger partial charge in [0, 0.05) is 12.0 Å². The highest BCUT2D eigenvalue weighted by Crippen LogP contribution is 2.17. The largest absolute Gasteiger partial charge is 0.344 e. The highest BCUT2D eigenvalue weighted by Gasteiger charge is 2.33. The molecule has 2 heterocycles. The maximum absolute atomic E-state index is 12.5. The van der Waals surface area contributed by atoms with Gasteiger partial charge in [-0.05, 0) is 17.2 Å². The number of hydrogen-bond donors (Lipinski definition) is 2. The molecule has 2 aliphatic rings. The molecule has 0 aromatic heterocycles. The Kier molecular flexibility index (Phi) is 4.40. The quantitative estimate of drug-likeness (QED) is 0.848. The van der Waals surface area contributed by atoms with Crippen LogP contribution < -0.4 is 10.2 Å². The molecule has 25 heavy (non-hydrogen) atoms. The highest BCUT2D eigenvalue weighted by molar-refractivity contribution is 5.90. The van der Waals surface area contributed by atoms with Crippen LogP contribution in [0, 0.1) is 0 Å². The number of fused-ring (bicyclic) bond motifs is 1. The zero-order chi connectivity index (χ0) is 17.2. The Morgan fingerprint density at radius 1 is 1.12 bits per heavy atom. The van der Waals surface area contributed by atoms with Crippen LogP contribution in [0.25, 0.3) is 10.8 Å². The summed E-state index contributed by atoms with van der Waals surface area (Å²) in [6.45, 7) is 4.44. The SMILES string of the molecule is O=C1CC[C@H](C(=O)N2CC[NH+](Cc3cccc4ccccc34)CC2)N1. The van der Waals surface area contributed by atoms with E-state index in [1.807, 2.05) is 4.90 Å². The van der Waals surface area contributed by atoms with Crippen LogP contribution in [0.3, 0.4) is 0 Å².